The van der Waals surface area contributed by atoms with E-state index in [1.54, 1.807) is 0 Å². The van der Waals surface area contributed by atoms with Crippen LogP contribution in [0.4, 0.5) is 34.1 Å². The number of nitrogens with zero attached hydrogens (tertiary/aromatic N) is 3. The van der Waals surface area contributed by atoms with E-state index in [-0.39, 0.29) is 10.8 Å². The molecular weight excluding hydrogens is 619 g/mol. The van der Waals surface area contributed by atoms with Crippen molar-refractivity contribution < 1.29 is 0 Å². The number of rotatable bonds is 3. The van der Waals surface area contributed by atoms with Crippen LogP contribution in [-0.4, -0.2) is 4.57 Å². The molecule has 2 aliphatic rings. The lowest BCUT2D eigenvalue weighted by molar-refractivity contribution is 0.627. The van der Waals surface area contributed by atoms with Crippen LogP contribution in [0.2, 0.25) is 0 Å². The molecule has 0 spiro atoms. The van der Waals surface area contributed by atoms with Gasteiger partial charge in [-0.1, -0.05) is 137 Å². The van der Waals surface area contributed by atoms with Crippen LogP contribution >= 0.6 is 0 Å². The molecule has 0 bridgehead atoms. The molecule has 1 aromatic heterocycles. The zero-order valence-corrected chi connectivity index (χ0v) is 29.4. The Hall–Kier alpha value is -6.06. The third-order valence-electron chi connectivity index (χ3n) is 11.5. The van der Waals surface area contributed by atoms with Crippen molar-refractivity contribution in [3.8, 4) is 5.69 Å². The Morgan fingerprint density at radius 1 is 0.353 bits per heavy atom. The minimum absolute atomic E-state index is 0.143. The van der Waals surface area contributed by atoms with Crippen LogP contribution < -0.4 is 9.80 Å². The number of benzene rings is 7. The molecule has 0 aliphatic carbocycles. The summed E-state index contributed by atoms with van der Waals surface area (Å²) in [4.78, 5) is 5.01. The minimum atomic E-state index is -0.297. The first-order chi connectivity index (χ1) is 24.9. The lowest BCUT2D eigenvalue weighted by atomic mass is 9.72. The molecule has 7 aromatic carbocycles. The van der Waals surface area contributed by atoms with E-state index in [0.29, 0.717) is 0 Å². The van der Waals surface area contributed by atoms with E-state index >= 15 is 0 Å². The summed E-state index contributed by atoms with van der Waals surface area (Å²) in [5.41, 5.74) is 15.5. The fourth-order valence-corrected chi connectivity index (χ4v) is 9.05. The van der Waals surface area contributed by atoms with Gasteiger partial charge in [-0.3, -0.25) is 0 Å². The summed E-state index contributed by atoms with van der Waals surface area (Å²) in [5, 5.41) is 2.51. The van der Waals surface area contributed by atoms with Crippen LogP contribution in [0, 0.1) is 0 Å². The van der Waals surface area contributed by atoms with Gasteiger partial charge < -0.3 is 14.4 Å². The summed E-state index contributed by atoms with van der Waals surface area (Å²) in [6, 6.07) is 60.4. The van der Waals surface area contributed by atoms with Gasteiger partial charge in [-0.2, -0.15) is 0 Å². The highest BCUT2D eigenvalue weighted by molar-refractivity contribution is 6.10. The Kier molecular flexibility index (Phi) is 6.27. The van der Waals surface area contributed by atoms with Gasteiger partial charge in [0.05, 0.1) is 39.5 Å². The zero-order valence-electron chi connectivity index (χ0n) is 29.4. The lowest BCUT2D eigenvalue weighted by Gasteiger charge is -2.45. The van der Waals surface area contributed by atoms with Crippen molar-refractivity contribution in [3.05, 3.63) is 186 Å². The van der Waals surface area contributed by atoms with Crippen LogP contribution in [-0.2, 0) is 10.8 Å². The molecule has 0 atom stereocenters. The van der Waals surface area contributed by atoms with Gasteiger partial charge in [0.25, 0.3) is 0 Å². The predicted octanol–water partition coefficient (Wildman–Crippen LogP) is 13.0. The molecule has 3 heterocycles. The van der Waals surface area contributed by atoms with E-state index in [1.165, 1.54) is 66.8 Å². The molecule has 0 saturated carbocycles. The van der Waals surface area contributed by atoms with Crippen LogP contribution in [0.5, 0.6) is 0 Å². The molecule has 2 aliphatic heterocycles. The maximum absolute atomic E-state index is 2.51. The quantitative estimate of drug-likeness (QED) is 0.187. The SMILES string of the molecule is CC1(C)c2ccccc2N(c2cc(-n3c4ccccc4c4ccccc43)c3c(c2)C(C)(C)c2ccccc2N3c2ccccc2)c2ccccc21. The molecule has 0 N–H and O–H groups in total. The largest absolute Gasteiger partial charge is 0.310 e. The number of anilines is 6. The molecule has 246 valence electrons. The number of hydrogen-bond acceptors (Lipinski definition) is 2. The molecule has 51 heavy (non-hydrogen) atoms. The second-order valence-electron chi connectivity index (χ2n) is 15.0. The summed E-state index contributed by atoms with van der Waals surface area (Å²) in [6.07, 6.45) is 0. The number of para-hydroxylation sites is 6. The van der Waals surface area contributed by atoms with Crippen molar-refractivity contribution in [2.45, 2.75) is 38.5 Å². The van der Waals surface area contributed by atoms with Crippen LogP contribution in [0.3, 0.4) is 0 Å². The van der Waals surface area contributed by atoms with E-state index in [0.717, 1.165) is 17.1 Å². The van der Waals surface area contributed by atoms with E-state index < -0.39 is 0 Å². The summed E-state index contributed by atoms with van der Waals surface area (Å²) < 4.78 is 2.51. The molecule has 3 nitrogen and oxygen atoms in total. The van der Waals surface area contributed by atoms with Crippen molar-refractivity contribution in [2.75, 3.05) is 9.80 Å². The van der Waals surface area contributed by atoms with E-state index in [1.807, 2.05) is 0 Å². The van der Waals surface area contributed by atoms with Crippen molar-refractivity contribution in [1.82, 2.24) is 4.57 Å². The third-order valence-corrected chi connectivity index (χ3v) is 11.5. The van der Waals surface area contributed by atoms with Crippen molar-refractivity contribution in [1.29, 1.82) is 0 Å². The highest BCUT2D eigenvalue weighted by Gasteiger charge is 2.42. The minimum Gasteiger partial charge on any atom is -0.310 e. The average molecular weight is 658 g/mol. The Bertz CT molecular complexity index is 2560. The fraction of sp³-hybridized carbons (Fsp3) is 0.125. The maximum atomic E-state index is 2.51. The molecule has 3 heteroatoms. The van der Waals surface area contributed by atoms with E-state index in [9.17, 15) is 0 Å². The van der Waals surface area contributed by atoms with Gasteiger partial charge >= 0.3 is 0 Å². The van der Waals surface area contributed by atoms with Gasteiger partial charge in [0.1, 0.15) is 0 Å². The highest BCUT2D eigenvalue weighted by atomic mass is 15.2. The Balaban J connectivity index is 1.38. The standard InChI is InChI=1S/C48H39N3/c1-47(2)36-22-10-15-27-42(36)49(43-28-16-11-23-37(43)47)33-30-39-46(45(31-33)51-40-25-13-8-20-34(40)35-21-9-14-26-41(35)51)50(32-18-6-5-7-19-32)44-29-17-12-24-38(44)48(39,3)4/h5-31H,1-4H3. The first kappa shape index (κ1) is 29.8. The molecule has 8 aromatic rings. The second kappa shape index (κ2) is 10.7. The van der Waals surface area contributed by atoms with Gasteiger partial charge in [-0.25, -0.2) is 0 Å². The van der Waals surface area contributed by atoms with Crippen molar-refractivity contribution >= 4 is 55.9 Å². The first-order valence-corrected chi connectivity index (χ1v) is 18.0. The number of aromatic nitrogens is 1. The molecule has 0 radical (unpaired) electrons. The second-order valence-corrected chi connectivity index (χ2v) is 15.0. The predicted molar refractivity (Wildman–Crippen MR) is 214 cm³/mol. The van der Waals surface area contributed by atoms with Gasteiger partial charge in [0.15, 0.2) is 0 Å². The summed E-state index contributed by atoms with van der Waals surface area (Å²) in [5.74, 6) is 0. The maximum Gasteiger partial charge on any atom is 0.0745 e. The molecule has 0 fully saturated rings. The Morgan fingerprint density at radius 3 is 1.33 bits per heavy atom. The van der Waals surface area contributed by atoms with E-state index in [4.69, 9.17) is 0 Å². The lowest BCUT2D eigenvalue weighted by Crippen LogP contribution is -2.33. The Labute approximate surface area is 299 Å². The summed E-state index contributed by atoms with van der Waals surface area (Å²) in [6.45, 7) is 9.51. The smallest absolute Gasteiger partial charge is 0.0745 e. The number of fused-ring (bicyclic) bond motifs is 7. The van der Waals surface area contributed by atoms with Crippen molar-refractivity contribution in [3.63, 3.8) is 0 Å². The third kappa shape index (κ3) is 4.12. The van der Waals surface area contributed by atoms with Crippen molar-refractivity contribution in [2.24, 2.45) is 0 Å². The average Bonchev–Trinajstić information content (AvgIpc) is 3.50. The van der Waals surface area contributed by atoms with Gasteiger partial charge in [0, 0.05) is 33.0 Å². The first-order valence-electron chi connectivity index (χ1n) is 18.0. The zero-order chi connectivity index (χ0) is 34.5. The van der Waals surface area contributed by atoms with Gasteiger partial charge in [-0.05, 0) is 76.9 Å². The van der Waals surface area contributed by atoms with Gasteiger partial charge in [0.2, 0.25) is 0 Å². The van der Waals surface area contributed by atoms with Crippen LogP contribution in [0.25, 0.3) is 27.5 Å². The molecule has 10 rings (SSSR count). The molecule has 0 saturated heterocycles. The van der Waals surface area contributed by atoms with E-state index in [2.05, 4.69) is 206 Å². The topological polar surface area (TPSA) is 11.4 Å². The number of hydrogen-bond donors (Lipinski definition) is 0. The fourth-order valence-electron chi connectivity index (χ4n) is 9.05. The van der Waals surface area contributed by atoms with Gasteiger partial charge in [-0.15, -0.1) is 0 Å². The molecular formula is C48H39N3. The molecule has 0 unspecified atom stereocenters. The highest BCUT2D eigenvalue weighted by Crippen LogP contribution is 2.58. The van der Waals surface area contributed by atoms with Crippen LogP contribution in [0.1, 0.15) is 49.9 Å². The molecule has 0 amide bonds. The Morgan fingerprint density at radius 2 is 0.784 bits per heavy atom. The summed E-state index contributed by atoms with van der Waals surface area (Å²) in [7, 11) is 0. The normalized spacial score (nSPS) is 15.3. The van der Waals surface area contributed by atoms with Crippen LogP contribution in [0.15, 0.2) is 164 Å². The monoisotopic (exact) mass is 657 g/mol. The summed E-state index contributed by atoms with van der Waals surface area (Å²) >= 11 is 0.